The van der Waals surface area contributed by atoms with Crippen molar-refractivity contribution < 1.29 is 14.3 Å². The zero-order chi connectivity index (χ0) is 14.7. The first kappa shape index (κ1) is 14.5. The number of nitrogens with one attached hydrogen (secondary N) is 1. The van der Waals surface area contributed by atoms with Crippen LogP contribution in [0.2, 0.25) is 0 Å². The van der Waals surface area contributed by atoms with Crippen molar-refractivity contribution in [1.82, 2.24) is 0 Å². The zero-order valence-electron chi connectivity index (χ0n) is 11.3. The molecule has 0 aliphatic heterocycles. The summed E-state index contributed by atoms with van der Waals surface area (Å²) >= 11 is 1.72. The molecule has 1 heterocycles. The lowest BCUT2D eigenvalue weighted by Crippen LogP contribution is -2.19. The molecule has 5 heteroatoms. The van der Waals surface area contributed by atoms with Crippen molar-refractivity contribution in [2.75, 3.05) is 5.32 Å². The number of hydrogen-bond donors (Lipinski definition) is 2. The van der Waals surface area contributed by atoms with Crippen molar-refractivity contribution in [3.05, 3.63) is 51.5 Å². The number of halogens is 1. The number of aryl methyl sites for hydroxylation is 1. The first-order valence-corrected chi connectivity index (χ1v) is 7.12. The molecule has 0 amide bonds. The largest absolute Gasteiger partial charge is 0.478 e. The Morgan fingerprint density at radius 3 is 2.75 bits per heavy atom. The molecule has 0 bridgehead atoms. The summed E-state index contributed by atoms with van der Waals surface area (Å²) in [6, 6.07) is 7.96. The molecule has 2 rings (SSSR count). The van der Waals surface area contributed by atoms with E-state index < -0.39 is 11.8 Å². The van der Waals surface area contributed by atoms with E-state index in [1.165, 1.54) is 21.9 Å². The second-order valence-corrected chi connectivity index (χ2v) is 6.13. The molecule has 0 saturated heterocycles. The number of carbonyl (C=O) groups is 1. The van der Waals surface area contributed by atoms with Gasteiger partial charge in [0.25, 0.3) is 0 Å². The average molecular weight is 293 g/mol. The van der Waals surface area contributed by atoms with Crippen LogP contribution in [-0.2, 0) is 6.42 Å². The van der Waals surface area contributed by atoms with E-state index in [0.29, 0.717) is 5.69 Å². The molecule has 0 spiro atoms. The Kier molecular flexibility index (Phi) is 4.39. The van der Waals surface area contributed by atoms with Gasteiger partial charge in [0.2, 0.25) is 0 Å². The van der Waals surface area contributed by atoms with Crippen LogP contribution in [-0.4, -0.2) is 17.1 Å². The van der Waals surface area contributed by atoms with Gasteiger partial charge in [-0.1, -0.05) is 0 Å². The fraction of sp³-hybridized carbons (Fsp3) is 0.267. The third-order valence-electron chi connectivity index (χ3n) is 2.92. The van der Waals surface area contributed by atoms with Crippen LogP contribution in [0.5, 0.6) is 0 Å². The number of aromatic carboxylic acids is 1. The van der Waals surface area contributed by atoms with Crippen molar-refractivity contribution in [3.8, 4) is 0 Å². The van der Waals surface area contributed by atoms with Crippen LogP contribution in [0.25, 0.3) is 0 Å². The van der Waals surface area contributed by atoms with E-state index in [4.69, 9.17) is 5.11 Å². The number of anilines is 1. The Morgan fingerprint density at radius 2 is 2.15 bits per heavy atom. The lowest BCUT2D eigenvalue weighted by Gasteiger charge is -2.16. The number of benzene rings is 1. The quantitative estimate of drug-likeness (QED) is 0.878. The Labute approximate surface area is 121 Å². The summed E-state index contributed by atoms with van der Waals surface area (Å²) in [7, 11) is 0. The summed E-state index contributed by atoms with van der Waals surface area (Å²) in [6.07, 6.45) is 0.801. The van der Waals surface area contributed by atoms with Gasteiger partial charge in [-0.25, -0.2) is 9.18 Å². The molecule has 20 heavy (non-hydrogen) atoms. The Balaban J connectivity index is 2.11. The van der Waals surface area contributed by atoms with E-state index >= 15 is 0 Å². The standard InChI is InChI=1S/C15H16FNO2S/c1-9(7-12-5-3-10(2)20-12)17-14-6-4-11(16)8-13(14)15(18)19/h3-6,8-9,17H,7H2,1-2H3,(H,18,19). The molecular formula is C15H16FNO2S. The van der Waals surface area contributed by atoms with Crippen LogP contribution in [0.3, 0.4) is 0 Å². The first-order valence-electron chi connectivity index (χ1n) is 6.30. The summed E-state index contributed by atoms with van der Waals surface area (Å²) in [5, 5.41) is 12.2. The number of thiophene rings is 1. The van der Waals surface area contributed by atoms with Crippen LogP contribution in [0, 0.1) is 12.7 Å². The zero-order valence-corrected chi connectivity index (χ0v) is 12.1. The molecule has 0 fully saturated rings. The van der Waals surface area contributed by atoms with Gasteiger partial charge < -0.3 is 10.4 Å². The van der Waals surface area contributed by atoms with E-state index in [9.17, 15) is 9.18 Å². The highest BCUT2D eigenvalue weighted by Crippen LogP contribution is 2.21. The molecule has 3 nitrogen and oxygen atoms in total. The summed E-state index contributed by atoms with van der Waals surface area (Å²) in [5.74, 6) is -1.68. The third-order valence-corrected chi connectivity index (χ3v) is 3.94. The molecule has 1 atom stereocenters. The molecule has 0 aliphatic rings. The lowest BCUT2D eigenvalue weighted by atomic mass is 10.1. The minimum atomic E-state index is -1.13. The van der Waals surface area contributed by atoms with E-state index in [1.807, 2.05) is 6.92 Å². The smallest absolute Gasteiger partial charge is 0.337 e. The number of carboxylic acid groups (broad SMARTS) is 1. The van der Waals surface area contributed by atoms with Gasteiger partial charge in [0.05, 0.1) is 5.56 Å². The van der Waals surface area contributed by atoms with Gasteiger partial charge in [0.1, 0.15) is 5.82 Å². The highest BCUT2D eigenvalue weighted by atomic mass is 32.1. The summed E-state index contributed by atoms with van der Waals surface area (Å²) in [5.41, 5.74) is 0.402. The third kappa shape index (κ3) is 3.57. The lowest BCUT2D eigenvalue weighted by molar-refractivity contribution is 0.0697. The minimum absolute atomic E-state index is 0.0424. The fourth-order valence-corrected chi connectivity index (χ4v) is 3.05. The van der Waals surface area contributed by atoms with Crippen molar-refractivity contribution >= 4 is 23.0 Å². The van der Waals surface area contributed by atoms with Gasteiger partial charge in [-0.3, -0.25) is 0 Å². The topological polar surface area (TPSA) is 49.3 Å². The van der Waals surface area contributed by atoms with Crippen LogP contribution in [0.4, 0.5) is 10.1 Å². The molecule has 2 aromatic rings. The molecular weight excluding hydrogens is 277 g/mol. The van der Waals surface area contributed by atoms with Crippen molar-refractivity contribution in [2.45, 2.75) is 26.3 Å². The molecule has 0 aliphatic carbocycles. The van der Waals surface area contributed by atoms with E-state index in [2.05, 4.69) is 24.4 Å². The second kappa shape index (κ2) is 6.05. The van der Waals surface area contributed by atoms with Gasteiger partial charge in [-0.05, 0) is 44.2 Å². The van der Waals surface area contributed by atoms with E-state index in [-0.39, 0.29) is 11.6 Å². The van der Waals surface area contributed by atoms with Crippen molar-refractivity contribution in [3.63, 3.8) is 0 Å². The van der Waals surface area contributed by atoms with Gasteiger partial charge in [-0.2, -0.15) is 0 Å². The number of carboxylic acids is 1. The molecule has 1 aromatic heterocycles. The number of rotatable bonds is 5. The number of hydrogen-bond acceptors (Lipinski definition) is 3. The maximum Gasteiger partial charge on any atom is 0.337 e. The van der Waals surface area contributed by atoms with Crippen LogP contribution in [0.1, 0.15) is 27.0 Å². The van der Waals surface area contributed by atoms with Gasteiger partial charge in [0.15, 0.2) is 0 Å². The average Bonchev–Trinajstić information content (AvgIpc) is 2.76. The van der Waals surface area contributed by atoms with Gasteiger partial charge in [-0.15, -0.1) is 11.3 Å². The second-order valence-electron chi connectivity index (χ2n) is 4.76. The maximum atomic E-state index is 13.1. The molecule has 106 valence electrons. The SMILES string of the molecule is Cc1ccc(CC(C)Nc2ccc(F)cc2C(=O)O)s1. The molecule has 1 unspecified atom stereocenters. The fourth-order valence-electron chi connectivity index (χ4n) is 2.03. The van der Waals surface area contributed by atoms with E-state index in [1.54, 1.807) is 11.3 Å². The monoisotopic (exact) mass is 293 g/mol. The van der Waals surface area contributed by atoms with E-state index in [0.717, 1.165) is 12.5 Å². The van der Waals surface area contributed by atoms with Crippen LogP contribution in [0.15, 0.2) is 30.3 Å². The van der Waals surface area contributed by atoms with Crippen LogP contribution >= 0.6 is 11.3 Å². The molecule has 2 N–H and O–H groups in total. The Hall–Kier alpha value is -1.88. The predicted molar refractivity (Wildman–Crippen MR) is 79.2 cm³/mol. The summed E-state index contributed by atoms with van der Waals surface area (Å²) in [6.45, 7) is 4.03. The Bertz CT molecular complexity index is 624. The molecule has 0 saturated carbocycles. The van der Waals surface area contributed by atoms with Crippen LogP contribution < -0.4 is 5.32 Å². The first-order chi connectivity index (χ1) is 9.45. The molecule has 0 radical (unpaired) electrons. The highest BCUT2D eigenvalue weighted by Gasteiger charge is 2.13. The summed E-state index contributed by atoms with van der Waals surface area (Å²) < 4.78 is 13.1. The van der Waals surface area contributed by atoms with Gasteiger partial charge in [0, 0.05) is 27.9 Å². The summed E-state index contributed by atoms with van der Waals surface area (Å²) in [4.78, 5) is 13.6. The maximum absolute atomic E-state index is 13.1. The van der Waals surface area contributed by atoms with Crippen molar-refractivity contribution in [1.29, 1.82) is 0 Å². The van der Waals surface area contributed by atoms with Crippen molar-refractivity contribution in [2.24, 2.45) is 0 Å². The minimum Gasteiger partial charge on any atom is -0.478 e. The predicted octanol–water partition coefficient (Wildman–Crippen LogP) is 3.94. The molecule has 1 aromatic carbocycles. The van der Waals surface area contributed by atoms with Gasteiger partial charge >= 0.3 is 5.97 Å². The normalized spacial score (nSPS) is 12.2. The highest BCUT2D eigenvalue weighted by molar-refractivity contribution is 7.11. The Morgan fingerprint density at radius 1 is 1.40 bits per heavy atom.